The number of amidine groups is 1. The van der Waals surface area contributed by atoms with E-state index in [1.165, 1.54) is 0 Å². The first kappa shape index (κ1) is 11.3. The molecule has 4 N–H and O–H groups in total. The SMILES string of the molecule is NC1=N[C@@]2(CCc3ccc(N)cc32)C(F)(F)CO1. The van der Waals surface area contributed by atoms with Crippen molar-refractivity contribution in [3.05, 3.63) is 29.3 Å². The first-order valence-electron chi connectivity index (χ1n) is 5.69. The zero-order valence-electron chi connectivity index (χ0n) is 9.62. The zero-order valence-corrected chi connectivity index (χ0v) is 9.62. The number of alkyl halides is 2. The molecule has 1 spiro atoms. The summed E-state index contributed by atoms with van der Waals surface area (Å²) in [6, 6.07) is 4.87. The summed E-state index contributed by atoms with van der Waals surface area (Å²) in [5.41, 5.74) is 11.3. The third-order valence-electron chi connectivity index (χ3n) is 3.64. The molecule has 4 nitrogen and oxygen atoms in total. The lowest BCUT2D eigenvalue weighted by molar-refractivity contribution is -0.121. The van der Waals surface area contributed by atoms with Crippen molar-refractivity contribution in [1.82, 2.24) is 0 Å². The summed E-state index contributed by atoms with van der Waals surface area (Å²) in [7, 11) is 0. The molecule has 3 rings (SSSR count). The Hall–Kier alpha value is -1.85. The molecular formula is C12H13F2N3O. The molecule has 1 aromatic rings. The fourth-order valence-electron chi connectivity index (χ4n) is 2.73. The van der Waals surface area contributed by atoms with Crippen LogP contribution in [0.1, 0.15) is 17.5 Å². The minimum Gasteiger partial charge on any atom is -0.459 e. The normalized spacial score (nSPS) is 28.7. The molecule has 0 fully saturated rings. The van der Waals surface area contributed by atoms with Gasteiger partial charge in [-0.05, 0) is 36.1 Å². The van der Waals surface area contributed by atoms with E-state index in [0.29, 0.717) is 17.7 Å². The van der Waals surface area contributed by atoms with Crippen LogP contribution in [-0.2, 0) is 16.7 Å². The number of nitrogens with two attached hydrogens (primary N) is 2. The van der Waals surface area contributed by atoms with Crippen LogP contribution in [0.15, 0.2) is 23.2 Å². The molecule has 96 valence electrons. The van der Waals surface area contributed by atoms with Gasteiger partial charge in [0.2, 0.25) is 0 Å². The first-order chi connectivity index (χ1) is 8.45. The minimum absolute atomic E-state index is 0.184. The number of hydrogen-bond acceptors (Lipinski definition) is 4. The van der Waals surface area contributed by atoms with Gasteiger partial charge in [0.25, 0.3) is 6.02 Å². The van der Waals surface area contributed by atoms with Crippen LogP contribution in [0.4, 0.5) is 14.5 Å². The molecule has 1 atom stereocenters. The molecule has 1 heterocycles. The predicted molar refractivity (Wildman–Crippen MR) is 63.4 cm³/mol. The van der Waals surface area contributed by atoms with Gasteiger partial charge in [-0.15, -0.1) is 0 Å². The Balaban J connectivity index is 2.23. The summed E-state index contributed by atoms with van der Waals surface area (Å²) in [6.45, 7) is -0.740. The number of aryl methyl sites for hydroxylation is 1. The van der Waals surface area contributed by atoms with Gasteiger partial charge in [-0.25, -0.2) is 4.99 Å². The van der Waals surface area contributed by atoms with Crippen molar-refractivity contribution in [2.24, 2.45) is 10.7 Å². The van der Waals surface area contributed by atoms with E-state index in [2.05, 4.69) is 9.73 Å². The highest BCUT2D eigenvalue weighted by Gasteiger charge is 2.60. The fraction of sp³-hybridized carbons (Fsp3) is 0.417. The maximum Gasteiger partial charge on any atom is 0.310 e. The van der Waals surface area contributed by atoms with Crippen LogP contribution in [-0.4, -0.2) is 18.6 Å². The van der Waals surface area contributed by atoms with Crippen molar-refractivity contribution in [1.29, 1.82) is 0 Å². The van der Waals surface area contributed by atoms with Crippen molar-refractivity contribution >= 4 is 11.7 Å². The Morgan fingerprint density at radius 2 is 2.06 bits per heavy atom. The quantitative estimate of drug-likeness (QED) is 0.686. The van der Waals surface area contributed by atoms with Gasteiger partial charge >= 0.3 is 5.92 Å². The number of nitrogens with zero attached hydrogens (tertiary/aromatic N) is 1. The van der Waals surface area contributed by atoms with Crippen LogP contribution >= 0.6 is 0 Å². The second kappa shape index (κ2) is 3.34. The van der Waals surface area contributed by atoms with Crippen LogP contribution in [0.25, 0.3) is 0 Å². The lowest BCUT2D eigenvalue weighted by Gasteiger charge is -2.37. The third kappa shape index (κ3) is 1.31. The van der Waals surface area contributed by atoms with Crippen molar-refractivity contribution in [2.45, 2.75) is 24.3 Å². The third-order valence-corrected chi connectivity index (χ3v) is 3.64. The summed E-state index contributed by atoms with van der Waals surface area (Å²) in [5, 5.41) is 0. The van der Waals surface area contributed by atoms with E-state index in [9.17, 15) is 8.78 Å². The number of anilines is 1. The maximum atomic E-state index is 14.2. The van der Waals surface area contributed by atoms with Gasteiger partial charge in [-0.3, -0.25) is 0 Å². The van der Waals surface area contributed by atoms with E-state index in [4.69, 9.17) is 11.5 Å². The second-order valence-electron chi connectivity index (χ2n) is 4.72. The van der Waals surface area contributed by atoms with Gasteiger partial charge in [0, 0.05) is 5.69 Å². The number of rotatable bonds is 0. The molecule has 0 saturated heterocycles. The van der Waals surface area contributed by atoms with E-state index < -0.39 is 18.1 Å². The van der Waals surface area contributed by atoms with Crippen LogP contribution in [0, 0.1) is 0 Å². The molecule has 6 heteroatoms. The van der Waals surface area contributed by atoms with E-state index in [0.717, 1.165) is 5.56 Å². The lowest BCUT2D eigenvalue weighted by atomic mass is 9.85. The molecule has 1 aliphatic heterocycles. The molecule has 0 unspecified atom stereocenters. The second-order valence-corrected chi connectivity index (χ2v) is 4.72. The van der Waals surface area contributed by atoms with Gasteiger partial charge in [0.05, 0.1) is 0 Å². The van der Waals surface area contributed by atoms with E-state index in [1.54, 1.807) is 18.2 Å². The molecule has 1 aromatic carbocycles. The number of nitrogen functional groups attached to an aromatic ring is 1. The summed E-state index contributed by atoms with van der Waals surface area (Å²) in [5.74, 6) is -3.07. The van der Waals surface area contributed by atoms with Crippen LogP contribution in [0.2, 0.25) is 0 Å². The smallest absolute Gasteiger partial charge is 0.310 e. The summed E-state index contributed by atoms with van der Waals surface area (Å²) < 4.78 is 33.1. The predicted octanol–water partition coefficient (Wildman–Crippen LogP) is 1.39. The van der Waals surface area contributed by atoms with Crippen LogP contribution in [0.3, 0.4) is 0 Å². The Morgan fingerprint density at radius 1 is 1.28 bits per heavy atom. The van der Waals surface area contributed by atoms with Crippen molar-refractivity contribution in [3.8, 4) is 0 Å². The van der Waals surface area contributed by atoms with Gasteiger partial charge in [-0.1, -0.05) is 6.07 Å². The van der Waals surface area contributed by atoms with Crippen molar-refractivity contribution < 1.29 is 13.5 Å². The minimum atomic E-state index is -3.07. The Bertz CT molecular complexity index is 544. The summed E-state index contributed by atoms with van der Waals surface area (Å²) in [6.07, 6.45) is 0.769. The van der Waals surface area contributed by atoms with Crippen molar-refractivity contribution in [3.63, 3.8) is 0 Å². The molecule has 1 aliphatic carbocycles. The van der Waals surface area contributed by atoms with Gasteiger partial charge in [0.15, 0.2) is 12.1 Å². The van der Waals surface area contributed by atoms with E-state index in [-0.39, 0.29) is 12.4 Å². The van der Waals surface area contributed by atoms with E-state index >= 15 is 0 Å². The standard InChI is InChI=1S/C12H13F2N3O/c13-12(14)6-18-10(16)17-11(12)4-3-7-1-2-8(15)5-9(7)11/h1-2,5H,3-4,6,15H2,(H2,16,17)/t11-/m1/s1. The largest absolute Gasteiger partial charge is 0.459 e. The van der Waals surface area contributed by atoms with E-state index in [1.807, 2.05) is 0 Å². The number of ether oxygens (including phenoxy) is 1. The molecule has 0 aromatic heterocycles. The molecule has 2 aliphatic rings. The van der Waals surface area contributed by atoms with Crippen LogP contribution < -0.4 is 11.5 Å². The highest BCUT2D eigenvalue weighted by Crippen LogP contribution is 2.52. The maximum absolute atomic E-state index is 14.2. The molecule has 0 amide bonds. The monoisotopic (exact) mass is 253 g/mol. The Labute approximate surface area is 103 Å². The van der Waals surface area contributed by atoms with Crippen LogP contribution in [0.5, 0.6) is 0 Å². The average molecular weight is 253 g/mol. The fourth-order valence-corrected chi connectivity index (χ4v) is 2.73. The highest BCUT2D eigenvalue weighted by molar-refractivity contribution is 5.74. The topological polar surface area (TPSA) is 73.6 Å². The molecule has 0 saturated carbocycles. The molecule has 18 heavy (non-hydrogen) atoms. The number of hydrogen-bond donors (Lipinski definition) is 2. The number of fused-ring (bicyclic) bond motifs is 2. The summed E-state index contributed by atoms with van der Waals surface area (Å²) >= 11 is 0. The highest BCUT2D eigenvalue weighted by atomic mass is 19.3. The van der Waals surface area contributed by atoms with Gasteiger partial charge in [-0.2, -0.15) is 8.78 Å². The first-order valence-corrected chi connectivity index (χ1v) is 5.69. The molecule has 0 radical (unpaired) electrons. The number of aliphatic imine (C=N–C) groups is 1. The molecule has 0 bridgehead atoms. The average Bonchev–Trinajstić information content (AvgIpc) is 2.65. The van der Waals surface area contributed by atoms with Gasteiger partial charge in [0.1, 0.15) is 0 Å². The van der Waals surface area contributed by atoms with Crippen molar-refractivity contribution in [2.75, 3.05) is 12.3 Å². The molecular weight excluding hydrogens is 240 g/mol. The number of benzene rings is 1. The summed E-state index contributed by atoms with van der Waals surface area (Å²) in [4.78, 5) is 3.92. The zero-order chi connectivity index (χ0) is 13.0. The lowest BCUT2D eigenvalue weighted by Crippen LogP contribution is -2.51. The van der Waals surface area contributed by atoms with Gasteiger partial charge < -0.3 is 16.2 Å². The Morgan fingerprint density at radius 3 is 2.83 bits per heavy atom. The Kier molecular flexibility index (Phi) is 2.09. The number of halogens is 2.